The molecule has 4 atom stereocenters. The van der Waals surface area contributed by atoms with Gasteiger partial charge in [-0.15, -0.1) is 0 Å². The van der Waals surface area contributed by atoms with Gasteiger partial charge in [-0.2, -0.15) is 0 Å². The van der Waals surface area contributed by atoms with E-state index in [1.54, 1.807) is 13.8 Å². The molecule has 0 aromatic rings. The number of rotatable bonds is 1. The lowest BCUT2D eigenvalue weighted by molar-refractivity contribution is 0.00461. The van der Waals surface area contributed by atoms with E-state index in [9.17, 15) is 4.39 Å². The second kappa shape index (κ2) is 2.84. The summed E-state index contributed by atoms with van der Waals surface area (Å²) >= 11 is 0. The summed E-state index contributed by atoms with van der Waals surface area (Å²) in [6.07, 6.45) is -1.57. The minimum atomic E-state index is -0.919. The molecule has 1 N–H and O–H groups in total. The van der Waals surface area contributed by atoms with Crippen LogP contribution in [0.15, 0.2) is 0 Å². The van der Waals surface area contributed by atoms with Gasteiger partial charge in [-0.25, -0.2) is 4.39 Å². The van der Waals surface area contributed by atoms with Gasteiger partial charge in [0.25, 0.3) is 0 Å². The third-order valence-corrected chi connectivity index (χ3v) is 2.11. The molecule has 1 rings (SSSR count). The summed E-state index contributed by atoms with van der Waals surface area (Å²) < 4.78 is 18.0. The van der Waals surface area contributed by atoms with Gasteiger partial charge in [0, 0.05) is 5.92 Å². The quantitative estimate of drug-likeness (QED) is 0.594. The number of halogens is 1. The molecule has 1 aliphatic heterocycles. The zero-order valence-electron chi connectivity index (χ0n) is 6.25. The maximum absolute atomic E-state index is 12.9. The van der Waals surface area contributed by atoms with Crippen LogP contribution < -0.4 is 0 Å². The van der Waals surface area contributed by atoms with Gasteiger partial charge in [0.05, 0.1) is 18.8 Å². The van der Waals surface area contributed by atoms with E-state index in [0.29, 0.717) is 0 Å². The Balaban J connectivity index is 2.53. The van der Waals surface area contributed by atoms with Crippen LogP contribution in [-0.4, -0.2) is 30.1 Å². The monoisotopic (exact) mass is 148 g/mol. The fourth-order valence-electron chi connectivity index (χ4n) is 1.32. The number of hydrogen-bond donors (Lipinski definition) is 1. The average Bonchev–Trinajstić information content (AvgIpc) is 2.17. The summed E-state index contributed by atoms with van der Waals surface area (Å²) in [7, 11) is 0. The van der Waals surface area contributed by atoms with Crippen LogP contribution in [0.3, 0.4) is 0 Å². The van der Waals surface area contributed by atoms with Crippen molar-refractivity contribution < 1.29 is 14.2 Å². The van der Waals surface area contributed by atoms with Crippen LogP contribution in [0.2, 0.25) is 0 Å². The van der Waals surface area contributed by atoms with Gasteiger partial charge < -0.3 is 9.84 Å². The van der Waals surface area contributed by atoms with Crippen molar-refractivity contribution in [2.45, 2.75) is 32.2 Å². The predicted octanol–water partition coefficient (Wildman–Crippen LogP) is 0.740. The fourth-order valence-corrected chi connectivity index (χ4v) is 1.32. The second-order valence-corrected chi connectivity index (χ2v) is 2.87. The molecule has 1 heterocycles. The average molecular weight is 148 g/mol. The first-order chi connectivity index (χ1) is 4.66. The largest absolute Gasteiger partial charge is 0.394 e. The third kappa shape index (κ3) is 1.16. The van der Waals surface area contributed by atoms with Crippen LogP contribution in [0.5, 0.6) is 0 Å². The van der Waals surface area contributed by atoms with E-state index in [2.05, 4.69) is 0 Å². The van der Waals surface area contributed by atoms with Crippen LogP contribution in [0, 0.1) is 5.92 Å². The molecule has 0 saturated carbocycles. The van der Waals surface area contributed by atoms with Crippen molar-refractivity contribution in [2.24, 2.45) is 5.92 Å². The molecule has 0 aromatic carbocycles. The zero-order chi connectivity index (χ0) is 7.72. The molecule has 2 nitrogen and oxygen atoms in total. The van der Waals surface area contributed by atoms with Gasteiger partial charge in [-0.3, -0.25) is 0 Å². The number of alkyl halides is 1. The minimum absolute atomic E-state index is 0.0775. The highest BCUT2D eigenvalue weighted by Gasteiger charge is 2.38. The van der Waals surface area contributed by atoms with Crippen LogP contribution in [0.25, 0.3) is 0 Å². The summed E-state index contributed by atoms with van der Waals surface area (Å²) in [6, 6.07) is 0. The Labute approximate surface area is 60.0 Å². The SMILES string of the molecule is C[C@@H]1O[C@H](CO)[C@H](C)C1F. The molecule has 0 aliphatic carbocycles. The molecule has 1 unspecified atom stereocenters. The lowest BCUT2D eigenvalue weighted by Gasteiger charge is -2.09. The van der Waals surface area contributed by atoms with Crippen LogP contribution in [0.1, 0.15) is 13.8 Å². The molecular weight excluding hydrogens is 135 g/mol. The van der Waals surface area contributed by atoms with E-state index >= 15 is 0 Å². The van der Waals surface area contributed by atoms with E-state index in [1.807, 2.05) is 0 Å². The van der Waals surface area contributed by atoms with Gasteiger partial charge in [0.15, 0.2) is 0 Å². The van der Waals surface area contributed by atoms with Crippen molar-refractivity contribution >= 4 is 0 Å². The highest BCUT2D eigenvalue weighted by molar-refractivity contribution is 4.85. The molecule has 0 bridgehead atoms. The van der Waals surface area contributed by atoms with Gasteiger partial charge in [0.2, 0.25) is 0 Å². The first-order valence-corrected chi connectivity index (χ1v) is 3.57. The first-order valence-electron chi connectivity index (χ1n) is 3.57. The Bertz CT molecular complexity index is 118. The van der Waals surface area contributed by atoms with Crippen molar-refractivity contribution in [3.8, 4) is 0 Å². The normalized spacial score (nSPS) is 48.0. The predicted molar refractivity (Wildman–Crippen MR) is 35.5 cm³/mol. The molecule has 0 amide bonds. The lowest BCUT2D eigenvalue weighted by atomic mass is 10.0. The smallest absolute Gasteiger partial charge is 0.131 e. The Kier molecular flexibility index (Phi) is 2.26. The van der Waals surface area contributed by atoms with E-state index in [0.717, 1.165) is 0 Å². The van der Waals surface area contributed by atoms with Crippen molar-refractivity contribution in [3.05, 3.63) is 0 Å². The van der Waals surface area contributed by atoms with Crippen molar-refractivity contribution in [1.29, 1.82) is 0 Å². The first kappa shape index (κ1) is 7.95. The summed E-state index contributed by atoms with van der Waals surface area (Å²) in [6.45, 7) is 3.37. The molecule has 3 heteroatoms. The number of aliphatic hydroxyl groups is 1. The summed E-state index contributed by atoms with van der Waals surface area (Å²) in [5.74, 6) is -0.167. The van der Waals surface area contributed by atoms with Gasteiger partial charge in [-0.05, 0) is 6.92 Å². The lowest BCUT2D eigenvalue weighted by Crippen LogP contribution is -2.21. The van der Waals surface area contributed by atoms with Crippen molar-refractivity contribution in [1.82, 2.24) is 0 Å². The van der Waals surface area contributed by atoms with Crippen molar-refractivity contribution in [2.75, 3.05) is 6.61 Å². The summed E-state index contributed by atoms with van der Waals surface area (Å²) in [5.41, 5.74) is 0. The number of hydrogen-bond acceptors (Lipinski definition) is 2. The topological polar surface area (TPSA) is 29.5 Å². The van der Waals surface area contributed by atoms with E-state index < -0.39 is 6.17 Å². The molecule has 1 saturated heterocycles. The van der Waals surface area contributed by atoms with E-state index in [1.165, 1.54) is 0 Å². The maximum Gasteiger partial charge on any atom is 0.131 e. The standard InChI is InChI=1S/C7H13FO2/c1-4-6(3-9)10-5(2)7(4)8/h4-7,9H,3H2,1-2H3/t4-,5-,6+,7?/m0/s1. The zero-order valence-corrected chi connectivity index (χ0v) is 6.25. The Morgan fingerprint density at radius 2 is 2.10 bits per heavy atom. The molecule has 60 valence electrons. The van der Waals surface area contributed by atoms with E-state index in [4.69, 9.17) is 9.84 Å². The summed E-state index contributed by atoms with van der Waals surface area (Å²) in [5, 5.41) is 8.68. The third-order valence-electron chi connectivity index (χ3n) is 2.11. The summed E-state index contributed by atoms with van der Waals surface area (Å²) in [4.78, 5) is 0. The van der Waals surface area contributed by atoms with Crippen LogP contribution >= 0.6 is 0 Å². The maximum atomic E-state index is 12.9. The highest BCUT2D eigenvalue weighted by atomic mass is 19.1. The molecule has 0 radical (unpaired) electrons. The second-order valence-electron chi connectivity index (χ2n) is 2.87. The minimum Gasteiger partial charge on any atom is -0.394 e. The highest BCUT2D eigenvalue weighted by Crippen LogP contribution is 2.28. The number of ether oxygens (including phenoxy) is 1. The molecular formula is C7H13FO2. The fraction of sp³-hybridized carbons (Fsp3) is 1.00. The van der Waals surface area contributed by atoms with Crippen molar-refractivity contribution in [3.63, 3.8) is 0 Å². The van der Waals surface area contributed by atoms with Gasteiger partial charge in [-0.1, -0.05) is 6.92 Å². The van der Waals surface area contributed by atoms with Crippen LogP contribution in [-0.2, 0) is 4.74 Å². The number of aliphatic hydroxyl groups excluding tert-OH is 1. The van der Waals surface area contributed by atoms with Gasteiger partial charge >= 0.3 is 0 Å². The molecule has 0 aromatic heterocycles. The Hall–Kier alpha value is -0.150. The van der Waals surface area contributed by atoms with E-state index in [-0.39, 0.29) is 24.7 Å². The van der Waals surface area contributed by atoms with Gasteiger partial charge in [0.1, 0.15) is 6.17 Å². The molecule has 1 fully saturated rings. The van der Waals surface area contributed by atoms with Crippen LogP contribution in [0.4, 0.5) is 4.39 Å². The molecule has 1 aliphatic rings. The molecule has 0 spiro atoms. The molecule has 10 heavy (non-hydrogen) atoms. The Morgan fingerprint density at radius 3 is 2.30 bits per heavy atom. The Morgan fingerprint density at radius 1 is 1.50 bits per heavy atom.